The summed E-state index contributed by atoms with van der Waals surface area (Å²) in [6.07, 6.45) is 7.66. The molecule has 3 fully saturated rings. The Balaban J connectivity index is 1.50. The summed E-state index contributed by atoms with van der Waals surface area (Å²) in [5.74, 6) is -0.853. The van der Waals surface area contributed by atoms with Gasteiger partial charge in [-0.2, -0.15) is 0 Å². The second kappa shape index (κ2) is 8.20. The number of ether oxygens (including phenoxy) is 1. The Kier molecular flexibility index (Phi) is 5.78. The molecule has 1 amide bonds. The Bertz CT molecular complexity index is 823. The molecule has 1 heterocycles. The van der Waals surface area contributed by atoms with Crippen LogP contribution < -0.4 is 4.74 Å². The Morgan fingerprint density at radius 1 is 1.17 bits per heavy atom. The van der Waals surface area contributed by atoms with Crippen LogP contribution in [0.5, 0.6) is 5.75 Å². The van der Waals surface area contributed by atoms with E-state index in [2.05, 4.69) is 13.8 Å². The lowest BCUT2D eigenvalue weighted by Crippen LogP contribution is -2.40. The number of carboxylic acid groups (broad SMARTS) is 1. The molecular formula is C24H32FNO4. The summed E-state index contributed by atoms with van der Waals surface area (Å²) in [5.41, 5.74) is 1.26. The van der Waals surface area contributed by atoms with Crippen molar-refractivity contribution in [2.24, 2.45) is 11.3 Å². The third-order valence-corrected chi connectivity index (χ3v) is 7.08. The molecule has 1 aliphatic heterocycles. The van der Waals surface area contributed by atoms with Gasteiger partial charge in [0.2, 0.25) is 0 Å². The van der Waals surface area contributed by atoms with Crippen LogP contribution in [0.3, 0.4) is 0 Å². The highest BCUT2D eigenvalue weighted by atomic mass is 19.1. The van der Waals surface area contributed by atoms with Crippen molar-refractivity contribution in [3.05, 3.63) is 29.1 Å². The summed E-state index contributed by atoms with van der Waals surface area (Å²) in [4.78, 5) is 25.7. The number of halogens is 1. The molecule has 6 heteroatoms. The number of aliphatic carboxylic acids is 1. The molecule has 1 saturated heterocycles. The number of carbonyl (C=O) groups is 2. The fraction of sp³-hybridized carbons (Fsp3) is 0.667. The molecule has 0 spiro atoms. The zero-order valence-electron chi connectivity index (χ0n) is 18.0. The number of nitrogens with zero attached hydrogens (tertiary/aromatic N) is 1. The number of hydrogen-bond donors (Lipinski definition) is 1. The molecule has 0 bridgehead atoms. The van der Waals surface area contributed by atoms with Gasteiger partial charge in [0.1, 0.15) is 17.6 Å². The van der Waals surface area contributed by atoms with E-state index in [1.807, 2.05) is 0 Å². The van der Waals surface area contributed by atoms with Gasteiger partial charge in [0.15, 0.2) is 0 Å². The number of likely N-dealkylation sites (tertiary alicyclic amines) is 1. The summed E-state index contributed by atoms with van der Waals surface area (Å²) in [6, 6.07) is 2.10. The van der Waals surface area contributed by atoms with Gasteiger partial charge in [-0.05, 0) is 80.2 Å². The van der Waals surface area contributed by atoms with Gasteiger partial charge in [0, 0.05) is 12.6 Å². The largest absolute Gasteiger partial charge is 0.493 e. The molecule has 1 N–H and O–H groups in total. The average molecular weight is 418 g/mol. The van der Waals surface area contributed by atoms with Crippen molar-refractivity contribution in [3.8, 4) is 5.75 Å². The second-order valence-corrected chi connectivity index (χ2v) is 10.1. The van der Waals surface area contributed by atoms with Crippen LogP contribution in [0.15, 0.2) is 12.1 Å². The standard InChI is InChI=1S/C24H32FNO4/c1-24(2)9-7-15(8-10-24)14-30-21-13-19(25)18(12-17(21)16-5-6-16)22(27)26-11-3-4-20(26)23(28)29/h12-13,15-16,20H,3-11,14H2,1-2H3,(H,28,29)/t20-/m0/s1. The number of rotatable bonds is 6. The molecule has 3 aliphatic rings. The Morgan fingerprint density at radius 3 is 2.50 bits per heavy atom. The van der Waals surface area contributed by atoms with Crippen molar-refractivity contribution in [2.75, 3.05) is 13.2 Å². The summed E-state index contributed by atoms with van der Waals surface area (Å²) in [7, 11) is 0. The first kappa shape index (κ1) is 21.1. The minimum absolute atomic E-state index is 0.0307. The van der Waals surface area contributed by atoms with Crippen LogP contribution in [0.4, 0.5) is 4.39 Å². The van der Waals surface area contributed by atoms with E-state index in [1.54, 1.807) is 6.07 Å². The van der Waals surface area contributed by atoms with Gasteiger partial charge >= 0.3 is 5.97 Å². The molecule has 1 aromatic rings. The first-order valence-electron chi connectivity index (χ1n) is 11.3. The van der Waals surface area contributed by atoms with Crippen molar-refractivity contribution in [3.63, 3.8) is 0 Å². The fourth-order valence-electron chi connectivity index (χ4n) is 4.83. The first-order valence-corrected chi connectivity index (χ1v) is 11.3. The summed E-state index contributed by atoms with van der Waals surface area (Å²) < 4.78 is 21.0. The van der Waals surface area contributed by atoms with Crippen molar-refractivity contribution in [2.45, 2.75) is 77.2 Å². The molecule has 30 heavy (non-hydrogen) atoms. The van der Waals surface area contributed by atoms with Gasteiger partial charge in [-0.1, -0.05) is 13.8 Å². The van der Waals surface area contributed by atoms with Gasteiger partial charge in [0.25, 0.3) is 5.91 Å². The molecule has 5 nitrogen and oxygen atoms in total. The zero-order chi connectivity index (χ0) is 21.5. The van der Waals surface area contributed by atoms with E-state index >= 15 is 0 Å². The molecule has 0 unspecified atom stereocenters. The molecule has 0 aromatic heterocycles. The van der Waals surface area contributed by atoms with Crippen molar-refractivity contribution < 1.29 is 23.8 Å². The Hall–Kier alpha value is -2.11. The van der Waals surface area contributed by atoms with E-state index in [4.69, 9.17) is 4.74 Å². The summed E-state index contributed by atoms with van der Waals surface area (Å²) >= 11 is 0. The molecule has 1 atom stereocenters. The molecule has 2 saturated carbocycles. The number of hydrogen-bond acceptors (Lipinski definition) is 3. The summed E-state index contributed by atoms with van der Waals surface area (Å²) in [6.45, 7) is 5.53. The van der Waals surface area contributed by atoms with E-state index in [1.165, 1.54) is 23.8 Å². The van der Waals surface area contributed by atoms with E-state index < -0.39 is 23.7 Å². The summed E-state index contributed by atoms with van der Waals surface area (Å²) in [5, 5.41) is 9.36. The predicted molar refractivity (Wildman–Crippen MR) is 111 cm³/mol. The molecule has 164 valence electrons. The number of amides is 1. The molecule has 2 aliphatic carbocycles. The van der Waals surface area contributed by atoms with Gasteiger partial charge < -0.3 is 14.7 Å². The lowest BCUT2D eigenvalue weighted by molar-refractivity contribution is -0.141. The predicted octanol–water partition coefficient (Wildman–Crippen LogP) is 4.99. The molecule has 1 aromatic carbocycles. The monoisotopic (exact) mass is 417 g/mol. The normalized spacial score (nSPS) is 24.1. The average Bonchev–Trinajstić information content (AvgIpc) is 3.41. The molecular weight excluding hydrogens is 385 g/mol. The van der Waals surface area contributed by atoms with Gasteiger partial charge in [-0.25, -0.2) is 9.18 Å². The van der Waals surface area contributed by atoms with Crippen molar-refractivity contribution in [1.82, 2.24) is 4.90 Å². The second-order valence-electron chi connectivity index (χ2n) is 10.1. The Morgan fingerprint density at radius 2 is 1.87 bits per heavy atom. The van der Waals surface area contributed by atoms with Gasteiger partial charge in [0.05, 0.1) is 12.2 Å². The van der Waals surface area contributed by atoms with Crippen LogP contribution in [0.2, 0.25) is 0 Å². The number of carboxylic acids is 1. The minimum atomic E-state index is -1.03. The van der Waals surface area contributed by atoms with Gasteiger partial charge in [-0.3, -0.25) is 4.79 Å². The van der Waals surface area contributed by atoms with Crippen molar-refractivity contribution >= 4 is 11.9 Å². The number of carbonyl (C=O) groups excluding carboxylic acids is 1. The van der Waals surface area contributed by atoms with Crippen LogP contribution in [-0.4, -0.2) is 41.1 Å². The minimum Gasteiger partial charge on any atom is -0.493 e. The maximum absolute atomic E-state index is 14.9. The lowest BCUT2D eigenvalue weighted by Gasteiger charge is -2.34. The first-order chi connectivity index (χ1) is 14.2. The highest BCUT2D eigenvalue weighted by Crippen LogP contribution is 2.46. The van der Waals surface area contributed by atoms with E-state index in [0.29, 0.717) is 49.0 Å². The van der Waals surface area contributed by atoms with E-state index in [-0.39, 0.29) is 5.56 Å². The van der Waals surface area contributed by atoms with Crippen molar-refractivity contribution in [1.29, 1.82) is 0 Å². The lowest BCUT2D eigenvalue weighted by atomic mass is 9.73. The highest BCUT2D eigenvalue weighted by Gasteiger charge is 2.37. The van der Waals surface area contributed by atoms with Crippen LogP contribution >= 0.6 is 0 Å². The van der Waals surface area contributed by atoms with Crippen LogP contribution in [-0.2, 0) is 4.79 Å². The third kappa shape index (κ3) is 4.47. The van der Waals surface area contributed by atoms with Gasteiger partial charge in [-0.15, -0.1) is 0 Å². The third-order valence-electron chi connectivity index (χ3n) is 7.08. The van der Waals surface area contributed by atoms with E-state index in [0.717, 1.165) is 31.2 Å². The van der Waals surface area contributed by atoms with Crippen LogP contribution in [0.1, 0.15) is 87.1 Å². The maximum Gasteiger partial charge on any atom is 0.326 e. The topological polar surface area (TPSA) is 66.8 Å². The van der Waals surface area contributed by atoms with E-state index in [9.17, 15) is 19.1 Å². The van der Waals surface area contributed by atoms with Crippen LogP contribution in [0.25, 0.3) is 0 Å². The molecule has 0 radical (unpaired) electrons. The molecule has 4 rings (SSSR count). The zero-order valence-corrected chi connectivity index (χ0v) is 18.0. The Labute approximate surface area is 177 Å². The SMILES string of the molecule is CC1(C)CCC(COc2cc(F)c(C(=O)N3CCC[C@H]3C(=O)O)cc2C2CC2)CC1. The van der Waals surface area contributed by atoms with Crippen LogP contribution in [0, 0.1) is 17.2 Å². The smallest absolute Gasteiger partial charge is 0.326 e. The highest BCUT2D eigenvalue weighted by molar-refractivity contribution is 5.97. The fourth-order valence-corrected chi connectivity index (χ4v) is 4.83. The quantitative estimate of drug-likeness (QED) is 0.708. The maximum atomic E-state index is 14.9. The number of benzene rings is 1.